The Morgan fingerprint density at radius 3 is 2.56 bits per heavy atom. The smallest absolute Gasteiger partial charge is 0.312 e. The highest BCUT2D eigenvalue weighted by Gasteiger charge is 2.78. The quantitative estimate of drug-likeness (QED) is 0.579. The number of anilines is 1. The number of hydrogen-bond donors (Lipinski definition) is 2. The molecule has 174 valence electrons. The first-order chi connectivity index (χ1) is 15.4. The van der Waals surface area contributed by atoms with Crippen LogP contribution in [-0.4, -0.2) is 71.9 Å². The van der Waals surface area contributed by atoms with Crippen LogP contribution >= 0.6 is 0 Å². The maximum atomic E-state index is 13.5. The van der Waals surface area contributed by atoms with Gasteiger partial charge in [0.1, 0.15) is 23.3 Å². The van der Waals surface area contributed by atoms with E-state index in [2.05, 4.69) is 5.32 Å². The van der Waals surface area contributed by atoms with Gasteiger partial charge in [-0.15, -0.1) is 0 Å². The highest BCUT2D eigenvalue weighted by molar-refractivity contribution is 6.03. The number of β-amino-alcohol motifs (C(OH)–C–C–N with tert-alkyl or cyclic N) is 1. The van der Waals surface area contributed by atoms with Crippen LogP contribution in [0.1, 0.15) is 33.1 Å². The molecule has 1 aromatic rings. The van der Waals surface area contributed by atoms with Crippen molar-refractivity contribution >= 4 is 23.5 Å². The zero-order valence-electron chi connectivity index (χ0n) is 18.6. The summed E-state index contributed by atoms with van der Waals surface area (Å²) in [7, 11) is 1.56. The predicted octanol–water partition coefficient (Wildman–Crippen LogP) is 1.34. The Labute approximate surface area is 187 Å². The van der Waals surface area contributed by atoms with Crippen molar-refractivity contribution in [2.24, 2.45) is 11.8 Å². The van der Waals surface area contributed by atoms with E-state index in [0.29, 0.717) is 30.7 Å². The van der Waals surface area contributed by atoms with E-state index in [1.165, 1.54) is 4.90 Å². The van der Waals surface area contributed by atoms with Crippen molar-refractivity contribution in [1.82, 2.24) is 4.90 Å². The summed E-state index contributed by atoms with van der Waals surface area (Å²) in [6, 6.07) is 5.91. The largest absolute Gasteiger partial charge is 0.497 e. The van der Waals surface area contributed by atoms with Crippen molar-refractivity contribution in [3.63, 3.8) is 0 Å². The number of hydrogen-bond acceptors (Lipinski definition) is 7. The highest BCUT2D eigenvalue weighted by Crippen LogP contribution is 2.64. The summed E-state index contributed by atoms with van der Waals surface area (Å²) in [4.78, 5) is 41.3. The van der Waals surface area contributed by atoms with Crippen LogP contribution in [-0.2, 0) is 23.9 Å². The lowest BCUT2D eigenvalue weighted by Crippen LogP contribution is -2.53. The van der Waals surface area contributed by atoms with Gasteiger partial charge in [-0.25, -0.2) is 0 Å². The third kappa shape index (κ3) is 3.17. The van der Waals surface area contributed by atoms with Crippen LogP contribution in [0.2, 0.25) is 0 Å². The summed E-state index contributed by atoms with van der Waals surface area (Å²) in [5, 5.41) is 12.5. The number of carbonyl (C=O) groups excluding carboxylic acids is 3. The minimum absolute atomic E-state index is 0.0180. The van der Waals surface area contributed by atoms with E-state index in [1.54, 1.807) is 38.3 Å². The molecule has 1 aromatic carbocycles. The van der Waals surface area contributed by atoms with Gasteiger partial charge in [-0.2, -0.15) is 0 Å². The molecule has 32 heavy (non-hydrogen) atoms. The number of aliphatic hydroxyl groups excluding tert-OH is 1. The first-order valence-corrected chi connectivity index (χ1v) is 11.1. The van der Waals surface area contributed by atoms with Crippen molar-refractivity contribution in [2.45, 2.75) is 50.4 Å². The molecule has 3 aliphatic rings. The Morgan fingerprint density at radius 2 is 1.97 bits per heavy atom. The molecule has 0 saturated carbocycles. The zero-order valence-corrected chi connectivity index (χ0v) is 18.6. The molecule has 2 amide bonds. The Morgan fingerprint density at radius 1 is 1.25 bits per heavy atom. The summed E-state index contributed by atoms with van der Waals surface area (Å²) in [6.45, 7) is 3.53. The number of rotatable bonds is 8. The first-order valence-electron chi connectivity index (χ1n) is 11.1. The van der Waals surface area contributed by atoms with Gasteiger partial charge in [-0.3, -0.25) is 14.4 Å². The number of nitrogens with zero attached hydrogens (tertiary/aromatic N) is 1. The third-order valence-corrected chi connectivity index (χ3v) is 7.17. The van der Waals surface area contributed by atoms with Crippen LogP contribution in [0.4, 0.5) is 5.69 Å². The number of amides is 2. The second kappa shape index (κ2) is 8.37. The molecule has 5 atom stereocenters. The van der Waals surface area contributed by atoms with Gasteiger partial charge in [0.05, 0.1) is 31.8 Å². The molecule has 3 fully saturated rings. The van der Waals surface area contributed by atoms with Crippen LogP contribution in [0.3, 0.4) is 0 Å². The number of methoxy groups -OCH3 is 1. The summed E-state index contributed by atoms with van der Waals surface area (Å²) in [6.07, 6.45) is 1.58. The number of esters is 1. The summed E-state index contributed by atoms with van der Waals surface area (Å²) >= 11 is 0. The van der Waals surface area contributed by atoms with Gasteiger partial charge < -0.3 is 29.5 Å². The monoisotopic (exact) mass is 446 g/mol. The highest BCUT2D eigenvalue weighted by atomic mass is 16.6. The van der Waals surface area contributed by atoms with E-state index in [0.717, 1.165) is 0 Å². The predicted molar refractivity (Wildman–Crippen MR) is 114 cm³/mol. The Bertz CT molecular complexity index is 904. The fraction of sp³-hybridized carbons (Fsp3) is 0.609. The average molecular weight is 447 g/mol. The van der Waals surface area contributed by atoms with Crippen molar-refractivity contribution in [1.29, 1.82) is 0 Å². The molecule has 0 aromatic heterocycles. The molecule has 3 aliphatic heterocycles. The van der Waals surface area contributed by atoms with Crippen molar-refractivity contribution < 1.29 is 33.7 Å². The molecule has 4 rings (SSSR count). The van der Waals surface area contributed by atoms with Crippen LogP contribution in [0.5, 0.6) is 5.75 Å². The summed E-state index contributed by atoms with van der Waals surface area (Å²) < 4.78 is 17.0. The van der Waals surface area contributed by atoms with Gasteiger partial charge in [0, 0.05) is 12.2 Å². The second-order valence-electron chi connectivity index (χ2n) is 8.56. The van der Waals surface area contributed by atoms with E-state index in [4.69, 9.17) is 14.2 Å². The van der Waals surface area contributed by atoms with Gasteiger partial charge in [0.25, 0.3) is 0 Å². The maximum Gasteiger partial charge on any atom is 0.312 e. The van der Waals surface area contributed by atoms with E-state index in [-0.39, 0.29) is 25.7 Å². The molecule has 0 aliphatic carbocycles. The van der Waals surface area contributed by atoms with Gasteiger partial charge in [0.15, 0.2) is 0 Å². The fourth-order valence-electron chi connectivity index (χ4n) is 5.84. The lowest BCUT2D eigenvalue weighted by atomic mass is 9.65. The topological polar surface area (TPSA) is 114 Å². The van der Waals surface area contributed by atoms with Crippen molar-refractivity contribution in [3.8, 4) is 5.75 Å². The fourth-order valence-corrected chi connectivity index (χ4v) is 5.84. The minimum atomic E-state index is -1.13. The van der Waals surface area contributed by atoms with E-state index in [9.17, 15) is 19.5 Å². The molecule has 2 unspecified atom stereocenters. The Balaban J connectivity index is 1.70. The second-order valence-corrected chi connectivity index (χ2v) is 8.56. The van der Waals surface area contributed by atoms with Crippen molar-refractivity contribution in [3.05, 3.63) is 24.3 Å². The number of fused-ring (bicyclic) bond motifs is 1. The summed E-state index contributed by atoms with van der Waals surface area (Å²) in [5.74, 6) is -2.14. The van der Waals surface area contributed by atoms with E-state index >= 15 is 0 Å². The minimum Gasteiger partial charge on any atom is -0.497 e. The lowest BCUT2D eigenvalue weighted by molar-refractivity contribution is -0.160. The third-order valence-electron chi connectivity index (χ3n) is 7.17. The number of likely N-dealkylation sites (tertiary alicyclic amines) is 1. The van der Waals surface area contributed by atoms with Gasteiger partial charge in [-0.1, -0.05) is 6.92 Å². The van der Waals surface area contributed by atoms with Gasteiger partial charge in [-0.05, 0) is 50.5 Å². The molecule has 2 bridgehead atoms. The molecule has 3 heterocycles. The standard InChI is InChI=1S/C23H30N2O7/c1-4-22-10-11-23(32-22)16(17(22)21(29)31-5-2)20(28)25(12-13-26)18(23)19(27)24-14-6-8-15(30-3)9-7-14/h6-9,16-18,26H,4-5,10-13H2,1-3H3,(H,24,27)/t16-,17+,18?,22-,23?/m0/s1. The van der Waals surface area contributed by atoms with Crippen LogP contribution in [0.25, 0.3) is 0 Å². The first kappa shape index (κ1) is 22.5. The number of aliphatic hydroxyl groups is 1. The van der Waals surface area contributed by atoms with Gasteiger partial charge in [0.2, 0.25) is 11.8 Å². The number of nitrogens with one attached hydrogen (secondary N) is 1. The molecule has 1 spiro atoms. The molecule has 9 nitrogen and oxygen atoms in total. The summed E-state index contributed by atoms with van der Waals surface area (Å²) in [5.41, 5.74) is -1.40. The number of carbonyl (C=O) groups is 3. The van der Waals surface area contributed by atoms with E-state index in [1.807, 2.05) is 6.92 Å². The van der Waals surface area contributed by atoms with Crippen molar-refractivity contribution in [2.75, 3.05) is 32.2 Å². The maximum absolute atomic E-state index is 13.5. The number of ether oxygens (including phenoxy) is 3. The zero-order chi connectivity index (χ0) is 23.1. The molecule has 9 heteroatoms. The van der Waals surface area contributed by atoms with Gasteiger partial charge >= 0.3 is 5.97 Å². The normalized spacial score (nSPS) is 32.7. The van der Waals surface area contributed by atoms with E-state index < -0.39 is 41.0 Å². The molecule has 0 radical (unpaired) electrons. The Hall–Kier alpha value is -2.65. The van der Waals surface area contributed by atoms with Crippen LogP contribution in [0, 0.1) is 11.8 Å². The molecule has 2 N–H and O–H groups in total. The van der Waals surface area contributed by atoms with Crippen LogP contribution < -0.4 is 10.1 Å². The Kier molecular flexibility index (Phi) is 5.89. The molecular weight excluding hydrogens is 416 g/mol. The van der Waals surface area contributed by atoms with Crippen LogP contribution in [0.15, 0.2) is 24.3 Å². The molecular formula is C23H30N2O7. The molecule has 3 saturated heterocycles. The average Bonchev–Trinajstić information content (AvgIpc) is 3.39. The lowest BCUT2D eigenvalue weighted by Gasteiger charge is -2.33. The SMILES string of the molecule is CCOC(=O)[C@H]1[C@H]2C(=O)N(CCO)C(C(=O)Nc3ccc(OC)cc3)C23CC[C@]1(CC)O3. The number of benzene rings is 1.